The third-order valence-corrected chi connectivity index (χ3v) is 2.57. The highest BCUT2D eigenvalue weighted by Crippen LogP contribution is 2.32. The summed E-state index contributed by atoms with van der Waals surface area (Å²) in [6.07, 6.45) is -4.46. The van der Waals surface area contributed by atoms with Crippen molar-refractivity contribution in [3.63, 3.8) is 0 Å². The second-order valence-electron chi connectivity index (χ2n) is 3.74. The van der Waals surface area contributed by atoms with Crippen molar-refractivity contribution in [3.05, 3.63) is 44.6 Å². The van der Waals surface area contributed by atoms with Gasteiger partial charge in [-0.15, -0.1) is 0 Å². The lowest BCUT2D eigenvalue weighted by Gasteiger charge is -2.10. The number of fused-ring (bicyclic) bond motifs is 1. The molecule has 0 aliphatic rings. The molecule has 2 rings (SSSR count). The van der Waals surface area contributed by atoms with Gasteiger partial charge in [0, 0.05) is 0 Å². The molecule has 0 saturated heterocycles. The van der Waals surface area contributed by atoms with E-state index in [9.17, 15) is 27.6 Å². The van der Waals surface area contributed by atoms with Gasteiger partial charge in [-0.1, -0.05) is 6.07 Å². The first-order chi connectivity index (χ1) is 8.86. The number of carbonyl (C=O) groups excluding carboxylic acids is 1. The van der Waals surface area contributed by atoms with E-state index in [2.05, 4.69) is 4.98 Å². The predicted octanol–water partition coefficient (Wildman–Crippen LogP) is 0.907. The normalized spacial score (nSPS) is 11.7. The van der Waals surface area contributed by atoms with Crippen LogP contribution in [0.2, 0.25) is 0 Å². The van der Waals surface area contributed by atoms with Gasteiger partial charge in [0.05, 0.1) is 23.0 Å². The highest BCUT2D eigenvalue weighted by atomic mass is 19.4. The van der Waals surface area contributed by atoms with Crippen LogP contribution in [0.4, 0.5) is 13.2 Å². The van der Waals surface area contributed by atoms with Gasteiger partial charge in [0.15, 0.2) is 0 Å². The van der Waals surface area contributed by atoms with Crippen molar-refractivity contribution in [1.82, 2.24) is 9.55 Å². The molecule has 5 nitrogen and oxygen atoms in total. The Hall–Kier alpha value is -2.38. The maximum absolute atomic E-state index is 12.8. The third-order valence-electron chi connectivity index (χ3n) is 2.57. The van der Waals surface area contributed by atoms with Crippen LogP contribution in [-0.2, 0) is 17.5 Å². The Balaban J connectivity index is 2.97. The highest BCUT2D eigenvalue weighted by molar-refractivity contribution is 5.81. The summed E-state index contributed by atoms with van der Waals surface area (Å²) in [6, 6.07) is 3.02. The van der Waals surface area contributed by atoms with Crippen LogP contribution >= 0.6 is 0 Å². The molecule has 1 aromatic heterocycles. The minimum absolute atomic E-state index is 0.216. The SMILES string of the molecule is O=CCn1c(=O)[nH]c2cccc(C(F)(F)F)c2c1=O. The van der Waals surface area contributed by atoms with Gasteiger partial charge < -0.3 is 9.78 Å². The Morgan fingerprint density at radius 2 is 1.95 bits per heavy atom. The van der Waals surface area contributed by atoms with Crippen LogP contribution in [0.3, 0.4) is 0 Å². The molecule has 0 saturated carbocycles. The molecule has 0 aliphatic heterocycles. The van der Waals surface area contributed by atoms with E-state index in [1.807, 2.05) is 0 Å². The summed E-state index contributed by atoms with van der Waals surface area (Å²) in [6.45, 7) is -0.601. The van der Waals surface area contributed by atoms with E-state index in [-0.39, 0.29) is 11.8 Å². The molecule has 0 bridgehead atoms. The van der Waals surface area contributed by atoms with Crippen molar-refractivity contribution in [2.75, 3.05) is 0 Å². The molecule has 2 aromatic rings. The summed E-state index contributed by atoms with van der Waals surface area (Å²) in [5, 5.41) is -0.656. The van der Waals surface area contributed by atoms with Crippen LogP contribution in [0.5, 0.6) is 0 Å². The van der Waals surface area contributed by atoms with E-state index in [1.54, 1.807) is 0 Å². The average Bonchev–Trinajstić information content (AvgIpc) is 2.32. The molecule has 0 unspecified atom stereocenters. The summed E-state index contributed by atoms with van der Waals surface area (Å²) in [5.41, 5.74) is -3.43. The number of rotatable bonds is 2. The minimum atomic E-state index is -4.73. The number of nitrogens with zero attached hydrogens (tertiary/aromatic N) is 1. The van der Waals surface area contributed by atoms with Crippen molar-refractivity contribution in [3.8, 4) is 0 Å². The molecule has 1 aromatic carbocycles. The smallest absolute Gasteiger partial charge is 0.307 e. The Labute approximate surface area is 103 Å². The van der Waals surface area contributed by atoms with Crippen molar-refractivity contribution in [1.29, 1.82) is 0 Å². The molecule has 0 fully saturated rings. The van der Waals surface area contributed by atoms with Crippen LogP contribution < -0.4 is 11.2 Å². The Bertz CT molecular complexity index is 758. The number of benzene rings is 1. The second kappa shape index (κ2) is 4.38. The van der Waals surface area contributed by atoms with Gasteiger partial charge in [-0.05, 0) is 12.1 Å². The fraction of sp³-hybridized carbons (Fsp3) is 0.182. The lowest BCUT2D eigenvalue weighted by molar-refractivity contribution is -0.136. The summed E-state index contributed by atoms with van der Waals surface area (Å²) in [4.78, 5) is 35.9. The predicted molar refractivity (Wildman–Crippen MR) is 59.9 cm³/mol. The molecule has 1 heterocycles. The average molecular weight is 272 g/mol. The first-order valence-electron chi connectivity index (χ1n) is 5.13. The first kappa shape index (κ1) is 13.1. The zero-order valence-corrected chi connectivity index (χ0v) is 9.32. The molecule has 100 valence electrons. The van der Waals surface area contributed by atoms with E-state index < -0.39 is 34.9 Å². The standard InChI is InChI=1S/C11H7F3N2O3/c12-11(13,14)6-2-1-3-7-8(6)9(18)16(4-5-17)10(19)15-7/h1-3,5H,4H2,(H,15,19). The number of hydrogen-bond donors (Lipinski definition) is 1. The second-order valence-corrected chi connectivity index (χ2v) is 3.74. The van der Waals surface area contributed by atoms with Gasteiger partial charge in [-0.2, -0.15) is 13.2 Å². The summed E-state index contributed by atoms with van der Waals surface area (Å²) in [5.74, 6) is 0. The van der Waals surface area contributed by atoms with Crippen LogP contribution in [-0.4, -0.2) is 15.8 Å². The van der Waals surface area contributed by atoms with Gasteiger partial charge in [-0.25, -0.2) is 4.79 Å². The van der Waals surface area contributed by atoms with Gasteiger partial charge >= 0.3 is 11.9 Å². The minimum Gasteiger partial charge on any atom is -0.307 e. The number of halogens is 3. The fourth-order valence-electron chi connectivity index (χ4n) is 1.77. The Morgan fingerprint density at radius 1 is 1.26 bits per heavy atom. The molecule has 0 aliphatic carbocycles. The maximum Gasteiger partial charge on any atom is 0.417 e. The molecule has 0 amide bonds. The van der Waals surface area contributed by atoms with E-state index in [0.29, 0.717) is 4.57 Å². The van der Waals surface area contributed by atoms with Gasteiger partial charge in [0.2, 0.25) is 0 Å². The van der Waals surface area contributed by atoms with Crippen LogP contribution in [0.1, 0.15) is 5.56 Å². The molecule has 19 heavy (non-hydrogen) atoms. The van der Waals surface area contributed by atoms with Gasteiger partial charge in [-0.3, -0.25) is 9.36 Å². The zero-order valence-electron chi connectivity index (χ0n) is 9.32. The molecule has 0 spiro atoms. The van der Waals surface area contributed by atoms with Crippen LogP contribution in [0, 0.1) is 0 Å². The third kappa shape index (κ3) is 2.16. The number of nitrogens with one attached hydrogen (secondary N) is 1. The quantitative estimate of drug-likeness (QED) is 0.826. The number of aromatic amines is 1. The number of carbonyl (C=O) groups is 1. The largest absolute Gasteiger partial charge is 0.417 e. The number of aldehydes is 1. The Morgan fingerprint density at radius 3 is 2.53 bits per heavy atom. The topological polar surface area (TPSA) is 71.9 Å². The number of alkyl halides is 3. The van der Waals surface area contributed by atoms with Gasteiger partial charge in [0.25, 0.3) is 5.56 Å². The van der Waals surface area contributed by atoms with E-state index in [1.165, 1.54) is 6.07 Å². The van der Waals surface area contributed by atoms with Crippen molar-refractivity contribution < 1.29 is 18.0 Å². The molecule has 8 heteroatoms. The monoisotopic (exact) mass is 272 g/mol. The van der Waals surface area contributed by atoms with Crippen molar-refractivity contribution >= 4 is 17.2 Å². The molecular weight excluding hydrogens is 265 g/mol. The summed E-state index contributed by atoms with van der Waals surface area (Å²) in [7, 11) is 0. The fourth-order valence-corrected chi connectivity index (χ4v) is 1.77. The lowest BCUT2D eigenvalue weighted by Crippen LogP contribution is -2.36. The molecule has 1 N–H and O–H groups in total. The molecule has 0 radical (unpaired) electrons. The number of hydrogen-bond acceptors (Lipinski definition) is 3. The highest BCUT2D eigenvalue weighted by Gasteiger charge is 2.34. The zero-order chi connectivity index (χ0) is 14.2. The number of aromatic nitrogens is 2. The summed E-state index contributed by atoms with van der Waals surface area (Å²) >= 11 is 0. The van der Waals surface area contributed by atoms with Crippen molar-refractivity contribution in [2.24, 2.45) is 0 Å². The Kier molecular flexibility index (Phi) is 3.01. The first-order valence-corrected chi connectivity index (χ1v) is 5.13. The summed E-state index contributed by atoms with van der Waals surface area (Å²) < 4.78 is 38.8. The molecule has 0 atom stereocenters. The van der Waals surface area contributed by atoms with Crippen LogP contribution in [0.25, 0.3) is 10.9 Å². The number of H-pyrrole nitrogens is 1. The lowest BCUT2D eigenvalue weighted by atomic mass is 10.1. The maximum atomic E-state index is 12.8. The van der Waals surface area contributed by atoms with E-state index in [4.69, 9.17) is 0 Å². The van der Waals surface area contributed by atoms with Gasteiger partial charge in [0.1, 0.15) is 6.29 Å². The van der Waals surface area contributed by atoms with E-state index >= 15 is 0 Å². The van der Waals surface area contributed by atoms with Crippen LogP contribution in [0.15, 0.2) is 27.8 Å². The van der Waals surface area contributed by atoms with Crippen molar-refractivity contribution in [2.45, 2.75) is 12.7 Å². The van der Waals surface area contributed by atoms with E-state index in [0.717, 1.165) is 12.1 Å². The molecular formula is C11H7F3N2O3.